The Balaban J connectivity index is 0.805. The molecule has 9 rings (SSSR count). The van der Waals surface area contributed by atoms with E-state index in [1.54, 1.807) is 4.90 Å². The van der Waals surface area contributed by atoms with Gasteiger partial charge in [0.15, 0.2) is 0 Å². The van der Waals surface area contributed by atoms with E-state index in [1.807, 2.05) is 36.0 Å². The number of amides is 3. The summed E-state index contributed by atoms with van der Waals surface area (Å²) in [5.41, 5.74) is 12.5. The molecule has 3 aromatic carbocycles. The predicted octanol–water partition coefficient (Wildman–Crippen LogP) is 5.53. The minimum absolute atomic E-state index is 0.124. The van der Waals surface area contributed by atoms with Crippen molar-refractivity contribution in [1.29, 1.82) is 0 Å². The van der Waals surface area contributed by atoms with Gasteiger partial charge in [-0.3, -0.25) is 29.3 Å². The maximum Gasteiger partial charge on any atom is 0.255 e. The van der Waals surface area contributed by atoms with Crippen LogP contribution in [0.5, 0.6) is 5.75 Å². The summed E-state index contributed by atoms with van der Waals surface area (Å²) in [6, 6.07) is 20.5. The molecule has 1 atom stereocenters. The fourth-order valence-electron chi connectivity index (χ4n) is 9.79. The topological polar surface area (TPSA) is 114 Å². The molecule has 5 heterocycles. The standard InChI is InChI=1S/C45H51N7O4/c1-29-40(28-48(2)47-29)39-5-3-4-32-25-36(53)11-13-37(32)43(39)31-6-8-34(9-7-31)50-18-16-30(17-19-50)26-49-20-22-51(23-21-49)35-10-12-38-33(24-35)27-52(45(38)56)41-14-15-42(54)46-44(41)55/h6-13,24-25,28,30,41,53H,3-5,14-23,26-27H2,1-2H3,(H,46,54,55)/t41-/m1/s1. The van der Waals surface area contributed by atoms with Crippen molar-refractivity contribution in [2.75, 3.05) is 55.6 Å². The first-order valence-electron chi connectivity index (χ1n) is 20.3. The fourth-order valence-corrected chi connectivity index (χ4v) is 9.79. The quantitative estimate of drug-likeness (QED) is 0.237. The Morgan fingerprint density at radius 2 is 1.50 bits per heavy atom. The summed E-state index contributed by atoms with van der Waals surface area (Å²) in [5, 5.41) is 17.4. The molecule has 2 N–H and O–H groups in total. The van der Waals surface area contributed by atoms with Crippen molar-refractivity contribution >= 4 is 40.2 Å². The highest BCUT2D eigenvalue weighted by Crippen LogP contribution is 2.42. The van der Waals surface area contributed by atoms with E-state index in [1.165, 1.54) is 51.9 Å². The van der Waals surface area contributed by atoms with Crippen molar-refractivity contribution in [3.63, 3.8) is 0 Å². The van der Waals surface area contributed by atoms with Gasteiger partial charge >= 0.3 is 0 Å². The van der Waals surface area contributed by atoms with E-state index in [-0.39, 0.29) is 24.1 Å². The van der Waals surface area contributed by atoms with E-state index < -0.39 is 6.04 Å². The van der Waals surface area contributed by atoms with E-state index in [9.17, 15) is 19.5 Å². The SMILES string of the molecule is Cc1nn(C)cc1C1=C(c2ccc(N3CCC(CN4CCN(c5ccc6c(c5)CN([C@@H]5CCC(=O)NC5=O)C6=O)CC4)CC3)cc2)c2ccc(O)cc2CCC1. The first-order valence-corrected chi connectivity index (χ1v) is 20.3. The summed E-state index contributed by atoms with van der Waals surface area (Å²) in [6.45, 7) is 9.65. The molecule has 5 aliphatic rings. The number of piperazine rings is 1. The number of anilines is 2. The summed E-state index contributed by atoms with van der Waals surface area (Å²) >= 11 is 0. The van der Waals surface area contributed by atoms with Crippen molar-refractivity contribution in [3.05, 3.63) is 106 Å². The van der Waals surface area contributed by atoms with Crippen LogP contribution in [-0.2, 0) is 29.6 Å². The molecule has 290 valence electrons. The Morgan fingerprint density at radius 1 is 0.768 bits per heavy atom. The maximum absolute atomic E-state index is 13.2. The zero-order valence-corrected chi connectivity index (χ0v) is 32.5. The second kappa shape index (κ2) is 14.9. The van der Waals surface area contributed by atoms with Crippen LogP contribution in [0.15, 0.2) is 66.9 Å². The number of rotatable bonds is 7. The van der Waals surface area contributed by atoms with Gasteiger partial charge in [-0.05, 0) is 127 Å². The monoisotopic (exact) mass is 753 g/mol. The van der Waals surface area contributed by atoms with Crippen molar-refractivity contribution in [3.8, 4) is 5.75 Å². The number of hydrogen-bond donors (Lipinski definition) is 2. The van der Waals surface area contributed by atoms with Gasteiger partial charge in [-0.15, -0.1) is 0 Å². The number of piperidine rings is 2. The van der Waals surface area contributed by atoms with Crippen LogP contribution >= 0.6 is 0 Å². The van der Waals surface area contributed by atoms with E-state index in [4.69, 9.17) is 0 Å². The number of aromatic nitrogens is 2. The van der Waals surface area contributed by atoms with Gasteiger partial charge in [0.1, 0.15) is 11.8 Å². The number of aromatic hydroxyl groups is 1. The Kier molecular flexibility index (Phi) is 9.65. The number of nitrogens with zero attached hydrogens (tertiary/aromatic N) is 6. The number of carbonyl (C=O) groups is 3. The lowest BCUT2D eigenvalue weighted by Gasteiger charge is -2.40. The molecule has 0 spiro atoms. The summed E-state index contributed by atoms with van der Waals surface area (Å²) < 4.78 is 1.91. The zero-order chi connectivity index (χ0) is 38.5. The first kappa shape index (κ1) is 36.2. The number of carbonyl (C=O) groups excluding carboxylic acids is 3. The van der Waals surface area contributed by atoms with Crippen LogP contribution in [0.1, 0.15) is 82.4 Å². The van der Waals surface area contributed by atoms with Gasteiger partial charge in [-0.25, -0.2) is 0 Å². The van der Waals surface area contributed by atoms with Crippen LogP contribution < -0.4 is 15.1 Å². The Labute approximate surface area is 328 Å². The molecular weight excluding hydrogens is 703 g/mol. The third-order valence-corrected chi connectivity index (χ3v) is 12.8. The fraction of sp³-hybridized carbons (Fsp3) is 0.422. The zero-order valence-electron chi connectivity index (χ0n) is 32.5. The molecule has 1 aliphatic carbocycles. The highest BCUT2D eigenvalue weighted by Gasteiger charge is 2.39. The average molecular weight is 754 g/mol. The third kappa shape index (κ3) is 6.97. The number of allylic oxidation sites excluding steroid dienone is 1. The molecule has 4 aromatic rings. The molecule has 3 amide bonds. The van der Waals surface area contributed by atoms with Gasteiger partial charge in [0, 0.05) is 94.5 Å². The van der Waals surface area contributed by atoms with Crippen LogP contribution in [0.25, 0.3) is 11.1 Å². The molecule has 0 radical (unpaired) electrons. The van der Waals surface area contributed by atoms with E-state index in [0.29, 0.717) is 30.2 Å². The molecule has 3 saturated heterocycles. The highest BCUT2D eigenvalue weighted by atomic mass is 16.3. The molecule has 11 heteroatoms. The van der Waals surface area contributed by atoms with Crippen LogP contribution in [0.2, 0.25) is 0 Å². The Bertz CT molecular complexity index is 2210. The van der Waals surface area contributed by atoms with Crippen molar-refractivity contribution in [1.82, 2.24) is 24.9 Å². The summed E-state index contributed by atoms with van der Waals surface area (Å²) in [7, 11) is 1.99. The van der Waals surface area contributed by atoms with Crippen LogP contribution in [0, 0.1) is 12.8 Å². The molecule has 0 unspecified atom stereocenters. The van der Waals surface area contributed by atoms with Gasteiger partial charge in [-0.2, -0.15) is 5.10 Å². The number of fused-ring (bicyclic) bond motifs is 2. The molecule has 56 heavy (non-hydrogen) atoms. The van der Waals surface area contributed by atoms with Crippen molar-refractivity contribution < 1.29 is 19.5 Å². The van der Waals surface area contributed by atoms with Gasteiger partial charge < -0.3 is 19.8 Å². The van der Waals surface area contributed by atoms with E-state index in [2.05, 4.69) is 74.6 Å². The molecule has 4 aliphatic heterocycles. The van der Waals surface area contributed by atoms with Gasteiger partial charge in [0.2, 0.25) is 11.8 Å². The van der Waals surface area contributed by atoms with Crippen LogP contribution in [0.4, 0.5) is 11.4 Å². The normalized spacial score (nSPS) is 21.0. The van der Waals surface area contributed by atoms with Gasteiger partial charge in [-0.1, -0.05) is 18.2 Å². The lowest BCUT2D eigenvalue weighted by molar-refractivity contribution is -0.136. The molecule has 0 bridgehead atoms. The Morgan fingerprint density at radius 3 is 2.23 bits per heavy atom. The molecule has 3 fully saturated rings. The molecule has 11 nitrogen and oxygen atoms in total. The van der Waals surface area contributed by atoms with Gasteiger partial charge in [0.05, 0.1) is 5.69 Å². The number of phenols is 1. The number of benzene rings is 3. The largest absolute Gasteiger partial charge is 0.508 e. The Hall–Kier alpha value is -5.42. The number of phenolic OH excluding ortho intramolecular Hbond substituents is 1. The second-order valence-electron chi connectivity index (χ2n) is 16.4. The molecular formula is C45H51N7O4. The molecule has 0 saturated carbocycles. The summed E-state index contributed by atoms with van der Waals surface area (Å²) in [4.78, 5) is 46.5. The number of nitrogens with one attached hydrogen (secondary N) is 1. The van der Waals surface area contributed by atoms with Gasteiger partial charge in [0.25, 0.3) is 5.91 Å². The average Bonchev–Trinajstić information content (AvgIpc) is 3.64. The third-order valence-electron chi connectivity index (χ3n) is 12.8. The minimum atomic E-state index is -0.589. The van der Waals surface area contributed by atoms with E-state index >= 15 is 0 Å². The van der Waals surface area contributed by atoms with Crippen LogP contribution in [0.3, 0.4) is 0 Å². The van der Waals surface area contributed by atoms with Crippen molar-refractivity contribution in [2.24, 2.45) is 13.0 Å². The highest BCUT2D eigenvalue weighted by molar-refractivity contribution is 6.05. The lowest BCUT2D eigenvalue weighted by atomic mass is 9.87. The number of hydrogen-bond acceptors (Lipinski definition) is 8. The first-order chi connectivity index (χ1) is 27.2. The van der Waals surface area contributed by atoms with Crippen molar-refractivity contribution in [2.45, 2.75) is 64.5 Å². The number of aryl methyl sites for hydroxylation is 3. The number of imide groups is 1. The van der Waals surface area contributed by atoms with E-state index in [0.717, 1.165) is 82.0 Å². The lowest BCUT2D eigenvalue weighted by Crippen LogP contribution is -2.52. The predicted molar refractivity (Wildman–Crippen MR) is 217 cm³/mol. The second-order valence-corrected chi connectivity index (χ2v) is 16.4. The van der Waals surface area contributed by atoms with Crippen LogP contribution in [-0.4, -0.2) is 94.3 Å². The summed E-state index contributed by atoms with van der Waals surface area (Å²) in [6.07, 6.45) is 8.07. The molecule has 1 aromatic heterocycles. The smallest absolute Gasteiger partial charge is 0.255 e. The minimum Gasteiger partial charge on any atom is -0.508 e. The maximum atomic E-state index is 13.2. The summed E-state index contributed by atoms with van der Waals surface area (Å²) in [5.74, 6) is 0.233.